The second-order valence-corrected chi connectivity index (χ2v) is 4.85. The molecule has 0 amide bonds. The van der Waals surface area contributed by atoms with Crippen LogP contribution in [0, 0.1) is 0 Å². The molecule has 0 aliphatic carbocycles. The molecule has 0 aromatic heterocycles. The van der Waals surface area contributed by atoms with Crippen LogP contribution in [0.1, 0.15) is 0 Å². The lowest BCUT2D eigenvalue weighted by Gasteiger charge is -2.17. The summed E-state index contributed by atoms with van der Waals surface area (Å²) in [7, 11) is 0. The maximum absolute atomic E-state index is 12.3. The predicted octanol–water partition coefficient (Wildman–Crippen LogP) is 2.77. The molecule has 19 heavy (non-hydrogen) atoms. The zero-order valence-corrected chi connectivity index (χ0v) is 11.7. The summed E-state index contributed by atoms with van der Waals surface area (Å²) in [5.41, 5.74) is -0.116. The van der Waals surface area contributed by atoms with Gasteiger partial charge in [0, 0.05) is 11.0 Å². The van der Waals surface area contributed by atoms with Crippen molar-refractivity contribution in [3.63, 3.8) is 0 Å². The van der Waals surface area contributed by atoms with Crippen LogP contribution in [0.2, 0.25) is 5.02 Å². The Bertz CT molecular complexity index is 445. The van der Waals surface area contributed by atoms with E-state index in [2.05, 4.69) is 26.0 Å². The lowest BCUT2D eigenvalue weighted by atomic mass is 10.2. The van der Waals surface area contributed by atoms with E-state index in [1.54, 1.807) is 0 Å². The molecule has 1 unspecified atom stereocenters. The molecule has 0 bridgehead atoms. The summed E-state index contributed by atoms with van der Waals surface area (Å²) < 4.78 is 40.9. The van der Waals surface area contributed by atoms with Gasteiger partial charge in [-0.2, -0.15) is 0 Å². The molecule has 0 spiro atoms. The van der Waals surface area contributed by atoms with Crippen molar-refractivity contribution in [2.75, 3.05) is 18.5 Å². The smallest absolute Gasteiger partial charge is 0.403 e. The van der Waals surface area contributed by atoms with E-state index in [-0.39, 0.29) is 17.3 Å². The summed E-state index contributed by atoms with van der Waals surface area (Å²) in [4.78, 5) is 0. The molecular weight excluding hydrogens is 354 g/mol. The van der Waals surface area contributed by atoms with Gasteiger partial charge in [0.15, 0.2) is 5.75 Å². The van der Waals surface area contributed by atoms with Crippen molar-refractivity contribution < 1.29 is 28.1 Å². The number of halogens is 5. The fraction of sp³-hybridized carbons (Fsp3) is 0.400. The highest BCUT2D eigenvalue weighted by Gasteiger charge is 2.32. The van der Waals surface area contributed by atoms with E-state index in [1.807, 2.05) is 0 Å². The van der Waals surface area contributed by atoms with Crippen molar-refractivity contribution in [3.05, 3.63) is 21.6 Å². The van der Waals surface area contributed by atoms with Gasteiger partial charge in [0.05, 0.1) is 23.4 Å². The monoisotopic (exact) mass is 363 g/mol. The summed E-state index contributed by atoms with van der Waals surface area (Å²) in [6.07, 6.45) is -5.99. The van der Waals surface area contributed by atoms with Gasteiger partial charge in [-0.3, -0.25) is 0 Å². The van der Waals surface area contributed by atoms with E-state index >= 15 is 0 Å². The molecule has 3 N–H and O–H groups in total. The summed E-state index contributed by atoms with van der Waals surface area (Å²) in [5.74, 6) is -0.531. The molecule has 0 heterocycles. The van der Waals surface area contributed by atoms with Gasteiger partial charge in [-0.15, -0.1) is 13.2 Å². The number of nitrogens with one attached hydrogen (secondary N) is 1. The highest BCUT2D eigenvalue weighted by atomic mass is 79.9. The standard InChI is InChI=1S/C10H10BrClF3NO3/c11-5-1-7(12)9(16-3-6(18)4-17)8(2-5)19-10(13,14)15/h1-2,6,16-18H,3-4H2. The maximum atomic E-state index is 12.3. The second-order valence-electron chi connectivity index (χ2n) is 3.53. The minimum atomic E-state index is -4.86. The average molecular weight is 365 g/mol. The van der Waals surface area contributed by atoms with Gasteiger partial charge in [-0.25, -0.2) is 0 Å². The largest absolute Gasteiger partial charge is 0.573 e. The molecule has 0 radical (unpaired) electrons. The van der Waals surface area contributed by atoms with Crippen LogP contribution in [0.4, 0.5) is 18.9 Å². The number of rotatable bonds is 5. The number of hydrogen-bond acceptors (Lipinski definition) is 4. The number of ether oxygens (including phenoxy) is 1. The van der Waals surface area contributed by atoms with E-state index in [0.29, 0.717) is 4.47 Å². The predicted molar refractivity (Wildman–Crippen MR) is 67.4 cm³/mol. The Morgan fingerprint density at radius 3 is 2.58 bits per heavy atom. The first-order valence-electron chi connectivity index (χ1n) is 5.00. The van der Waals surface area contributed by atoms with E-state index in [0.717, 1.165) is 6.07 Å². The summed E-state index contributed by atoms with van der Waals surface area (Å²) >= 11 is 8.81. The number of alkyl halides is 3. The van der Waals surface area contributed by atoms with Crippen molar-refractivity contribution >= 4 is 33.2 Å². The first-order chi connectivity index (χ1) is 8.73. The van der Waals surface area contributed by atoms with Crippen LogP contribution in [0.25, 0.3) is 0 Å². The van der Waals surface area contributed by atoms with Crippen molar-refractivity contribution in [2.45, 2.75) is 12.5 Å². The van der Waals surface area contributed by atoms with E-state index in [9.17, 15) is 13.2 Å². The molecule has 9 heteroatoms. The molecular formula is C10H10BrClF3NO3. The lowest BCUT2D eigenvalue weighted by molar-refractivity contribution is -0.274. The van der Waals surface area contributed by atoms with Gasteiger partial charge in [0.2, 0.25) is 0 Å². The lowest BCUT2D eigenvalue weighted by Crippen LogP contribution is -2.24. The van der Waals surface area contributed by atoms with E-state index in [4.69, 9.17) is 21.8 Å². The van der Waals surface area contributed by atoms with Gasteiger partial charge < -0.3 is 20.3 Å². The number of hydrogen-bond donors (Lipinski definition) is 3. The normalized spacial score (nSPS) is 13.2. The van der Waals surface area contributed by atoms with Crippen LogP contribution in [0.3, 0.4) is 0 Å². The van der Waals surface area contributed by atoms with Gasteiger partial charge in [-0.05, 0) is 12.1 Å². The molecule has 0 aliphatic heterocycles. The zero-order valence-electron chi connectivity index (χ0n) is 9.34. The Kier molecular flexibility index (Phi) is 5.72. The van der Waals surface area contributed by atoms with Crippen LogP contribution in [-0.2, 0) is 0 Å². The molecule has 1 rings (SSSR count). The second kappa shape index (κ2) is 6.65. The number of benzene rings is 1. The Hall–Kier alpha value is -0.700. The Balaban J connectivity index is 2.99. The van der Waals surface area contributed by atoms with Crippen LogP contribution in [0.5, 0.6) is 5.75 Å². The van der Waals surface area contributed by atoms with Crippen molar-refractivity contribution in [1.29, 1.82) is 0 Å². The third kappa shape index (κ3) is 5.43. The van der Waals surface area contributed by atoms with Crippen LogP contribution >= 0.6 is 27.5 Å². The molecule has 1 aromatic rings. The van der Waals surface area contributed by atoms with Crippen molar-refractivity contribution in [2.24, 2.45) is 0 Å². The number of aliphatic hydroxyl groups excluding tert-OH is 2. The fourth-order valence-electron chi connectivity index (χ4n) is 1.21. The fourth-order valence-corrected chi connectivity index (χ4v) is 2.06. The number of anilines is 1. The molecule has 0 saturated carbocycles. The van der Waals surface area contributed by atoms with Gasteiger partial charge in [0.1, 0.15) is 0 Å². The first kappa shape index (κ1) is 16.4. The van der Waals surface area contributed by atoms with Crippen LogP contribution < -0.4 is 10.1 Å². The third-order valence-electron chi connectivity index (χ3n) is 1.97. The Labute approximate surface area is 120 Å². The molecule has 0 fully saturated rings. The maximum Gasteiger partial charge on any atom is 0.573 e. The molecule has 0 saturated heterocycles. The van der Waals surface area contributed by atoms with Gasteiger partial charge in [0.25, 0.3) is 0 Å². The van der Waals surface area contributed by atoms with E-state index < -0.39 is 24.8 Å². The Morgan fingerprint density at radius 2 is 2.05 bits per heavy atom. The summed E-state index contributed by atoms with van der Waals surface area (Å²) in [5, 5.41) is 20.3. The first-order valence-corrected chi connectivity index (χ1v) is 6.17. The van der Waals surface area contributed by atoms with E-state index in [1.165, 1.54) is 6.07 Å². The number of aliphatic hydroxyl groups is 2. The highest BCUT2D eigenvalue weighted by Crippen LogP contribution is 2.38. The zero-order chi connectivity index (χ0) is 14.6. The molecule has 1 atom stereocenters. The summed E-state index contributed by atoms with van der Waals surface area (Å²) in [6, 6.07) is 2.46. The average Bonchev–Trinajstić information content (AvgIpc) is 2.24. The molecule has 4 nitrogen and oxygen atoms in total. The van der Waals surface area contributed by atoms with Crippen molar-refractivity contribution in [3.8, 4) is 5.75 Å². The molecule has 0 aliphatic rings. The van der Waals surface area contributed by atoms with Gasteiger partial charge in [-0.1, -0.05) is 27.5 Å². The highest BCUT2D eigenvalue weighted by molar-refractivity contribution is 9.10. The minimum absolute atomic E-state index is 0.0150. The summed E-state index contributed by atoms with van der Waals surface area (Å²) in [6.45, 7) is -0.706. The topological polar surface area (TPSA) is 61.7 Å². The molecule has 108 valence electrons. The Morgan fingerprint density at radius 1 is 1.42 bits per heavy atom. The van der Waals surface area contributed by atoms with Gasteiger partial charge >= 0.3 is 6.36 Å². The quantitative estimate of drug-likeness (QED) is 0.752. The van der Waals surface area contributed by atoms with Crippen molar-refractivity contribution in [1.82, 2.24) is 0 Å². The minimum Gasteiger partial charge on any atom is -0.403 e. The SMILES string of the molecule is OCC(O)CNc1c(Cl)cc(Br)cc1OC(F)(F)F. The third-order valence-corrected chi connectivity index (χ3v) is 2.73. The molecule has 1 aromatic carbocycles. The van der Waals surface area contributed by atoms with Crippen LogP contribution in [-0.4, -0.2) is 35.8 Å². The van der Waals surface area contributed by atoms with Crippen LogP contribution in [0.15, 0.2) is 16.6 Å².